The van der Waals surface area contributed by atoms with Crippen molar-refractivity contribution in [2.24, 2.45) is 0 Å². The quantitative estimate of drug-likeness (QED) is 0.113. The fraction of sp³-hybridized carbons (Fsp3) is 0.455. The highest BCUT2D eigenvalue weighted by molar-refractivity contribution is 5.87. The van der Waals surface area contributed by atoms with Crippen molar-refractivity contribution in [3.63, 3.8) is 0 Å². The average Bonchev–Trinajstić information content (AvgIpc) is 3.53. The number of esters is 9. The van der Waals surface area contributed by atoms with E-state index in [1.54, 1.807) is 0 Å². The number of rotatable bonds is 16. The van der Waals surface area contributed by atoms with Crippen LogP contribution in [0, 0.1) is 0 Å². The average molecular weight is 959 g/mol. The van der Waals surface area contributed by atoms with E-state index in [0.717, 1.165) is 74.4 Å². The van der Waals surface area contributed by atoms with Gasteiger partial charge in [0.1, 0.15) is 30.7 Å². The Morgan fingerprint density at radius 2 is 1.16 bits per heavy atom. The van der Waals surface area contributed by atoms with Crippen molar-refractivity contribution in [3.8, 4) is 34.3 Å². The summed E-state index contributed by atoms with van der Waals surface area (Å²) in [6.45, 7) is 7.86. The Kier molecular flexibility index (Phi) is 16.5. The molecular weight excluding hydrogens is 912 g/mol. The van der Waals surface area contributed by atoms with Crippen LogP contribution in [0.3, 0.4) is 0 Å². The molecule has 366 valence electrons. The van der Waals surface area contributed by atoms with Crippen LogP contribution in [0.1, 0.15) is 62.3 Å². The summed E-state index contributed by atoms with van der Waals surface area (Å²) in [4.78, 5) is 124. The van der Waals surface area contributed by atoms with E-state index in [0.29, 0.717) is 0 Å². The van der Waals surface area contributed by atoms with Crippen LogP contribution in [0.25, 0.3) is 22.3 Å². The Morgan fingerprint density at radius 3 is 1.71 bits per heavy atom. The smallest absolute Gasteiger partial charge is 0.308 e. The molecular formula is C44H46O24. The number of benzene rings is 2. The van der Waals surface area contributed by atoms with Gasteiger partial charge in [-0.05, 0) is 30.3 Å². The lowest BCUT2D eigenvalue weighted by Gasteiger charge is -2.43. The molecule has 0 amide bonds. The van der Waals surface area contributed by atoms with Crippen LogP contribution in [-0.4, -0.2) is 122 Å². The number of carbonyl (C=O) groups is 9. The molecule has 3 aromatic rings. The van der Waals surface area contributed by atoms with E-state index in [4.69, 9.17) is 66.0 Å². The van der Waals surface area contributed by atoms with Crippen molar-refractivity contribution < 1.29 is 109 Å². The summed E-state index contributed by atoms with van der Waals surface area (Å²) >= 11 is 0. The first-order valence-corrected chi connectivity index (χ1v) is 20.3. The molecule has 3 heterocycles. The monoisotopic (exact) mass is 958 g/mol. The van der Waals surface area contributed by atoms with Gasteiger partial charge in [0.2, 0.25) is 41.6 Å². The third kappa shape index (κ3) is 12.8. The predicted octanol–water partition coefficient (Wildman–Crippen LogP) is 2.30. The van der Waals surface area contributed by atoms with E-state index < -0.39 is 133 Å². The van der Waals surface area contributed by atoms with Crippen molar-refractivity contribution >= 4 is 64.7 Å². The highest BCUT2D eigenvalue weighted by Crippen LogP contribution is 2.40. The van der Waals surface area contributed by atoms with E-state index in [-0.39, 0.29) is 39.5 Å². The van der Waals surface area contributed by atoms with Gasteiger partial charge in [-0.3, -0.25) is 47.9 Å². The fourth-order valence-corrected chi connectivity index (χ4v) is 7.00. The van der Waals surface area contributed by atoms with Gasteiger partial charge in [-0.2, -0.15) is 0 Å². The van der Waals surface area contributed by atoms with Gasteiger partial charge < -0.3 is 66.0 Å². The Bertz CT molecular complexity index is 2530. The molecule has 0 saturated carbocycles. The fourth-order valence-electron chi connectivity index (χ4n) is 7.00. The first kappa shape index (κ1) is 51.4. The second kappa shape index (κ2) is 21.8. The van der Waals surface area contributed by atoms with Crippen LogP contribution in [0.15, 0.2) is 45.6 Å². The standard InChI is InChI=1S/C44H46O24/c1-19(45)55-16-34-37(60-23(5)49)39(61-24(6)50)40(62-25(7)51)42(66-34)67-38-35(54)30-14-32(58-21(3)47)33(59-22(4)48)15-31(30)65-36(38)28-10-12-29(13-11-28)64-43-41(63-26(8)52)44(18-57-43,68-27(9)53)17-56-20(2)46/h10-15,34,37,39-43H,16-18H2,1-9H3/t34-,37-,39+,40-,41+,42+,43+,44+/m1/s1. The van der Waals surface area contributed by atoms with Gasteiger partial charge in [0.05, 0.1) is 12.0 Å². The molecule has 0 radical (unpaired) electrons. The maximum atomic E-state index is 14.7. The van der Waals surface area contributed by atoms with Gasteiger partial charge in [0.15, 0.2) is 29.5 Å². The van der Waals surface area contributed by atoms with Gasteiger partial charge in [-0.25, -0.2) is 0 Å². The lowest BCUT2D eigenvalue weighted by Crippen LogP contribution is -2.63. The number of ether oxygens (including phenoxy) is 13. The summed E-state index contributed by atoms with van der Waals surface area (Å²) in [5.74, 6) is -9.46. The topological polar surface area (TPSA) is 304 Å². The van der Waals surface area contributed by atoms with Crippen molar-refractivity contribution in [3.05, 3.63) is 46.6 Å². The lowest BCUT2D eigenvalue weighted by atomic mass is 9.98. The lowest BCUT2D eigenvalue weighted by molar-refractivity contribution is -0.288. The molecule has 0 spiro atoms. The van der Waals surface area contributed by atoms with E-state index in [1.165, 1.54) is 24.3 Å². The largest absolute Gasteiger partial charge is 0.463 e. The first-order valence-electron chi connectivity index (χ1n) is 20.3. The zero-order valence-corrected chi connectivity index (χ0v) is 37.9. The Morgan fingerprint density at radius 1 is 0.603 bits per heavy atom. The zero-order valence-electron chi connectivity index (χ0n) is 37.9. The maximum absolute atomic E-state index is 14.7. The summed E-state index contributed by atoms with van der Waals surface area (Å²) in [6, 6.07) is 7.52. The molecule has 2 aliphatic heterocycles. The van der Waals surface area contributed by atoms with Crippen LogP contribution in [0.4, 0.5) is 0 Å². The molecule has 68 heavy (non-hydrogen) atoms. The molecule has 1 aromatic heterocycles. The van der Waals surface area contributed by atoms with Crippen LogP contribution in [-0.2, 0) is 85.8 Å². The molecule has 0 aliphatic carbocycles. The van der Waals surface area contributed by atoms with Crippen LogP contribution in [0.5, 0.6) is 23.0 Å². The molecule has 0 unspecified atom stereocenters. The highest BCUT2D eigenvalue weighted by atomic mass is 16.8. The minimum atomic E-state index is -1.95. The van der Waals surface area contributed by atoms with Crippen LogP contribution < -0.4 is 24.4 Å². The van der Waals surface area contributed by atoms with Crippen molar-refractivity contribution in [1.82, 2.24) is 0 Å². The number of fused-ring (bicyclic) bond motifs is 1. The van der Waals surface area contributed by atoms with Gasteiger partial charge in [-0.15, -0.1) is 0 Å². The second-order valence-corrected chi connectivity index (χ2v) is 15.0. The summed E-state index contributed by atoms with van der Waals surface area (Å²) in [5, 5.41) is -0.332. The molecule has 24 nitrogen and oxygen atoms in total. The Labute approximate surface area is 385 Å². The van der Waals surface area contributed by atoms with Crippen molar-refractivity contribution in [1.29, 1.82) is 0 Å². The Balaban J connectivity index is 1.67. The van der Waals surface area contributed by atoms with E-state index in [2.05, 4.69) is 0 Å². The number of hydrogen-bond acceptors (Lipinski definition) is 24. The zero-order chi connectivity index (χ0) is 50.2. The molecule has 2 saturated heterocycles. The molecule has 0 bridgehead atoms. The summed E-state index contributed by atoms with van der Waals surface area (Å²) in [7, 11) is 0. The molecule has 8 atom stereocenters. The van der Waals surface area contributed by atoms with Crippen LogP contribution >= 0.6 is 0 Å². The van der Waals surface area contributed by atoms with Gasteiger partial charge in [-0.1, -0.05) is 0 Å². The van der Waals surface area contributed by atoms with Gasteiger partial charge in [0.25, 0.3) is 0 Å². The van der Waals surface area contributed by atoms with Crippen molar-refractivity contribution in [2.45, 2.75) is 111 Å². The summed E-state index contributed by atoms with van der Waals surface area (Å²) in [6.07, 6.45) is -11.5. The molecule has 24 heteroatoms. The molecule has 0 N–H and O–H groups in total. The summed E-state index contributed by atoms with van der Waals surface area (Å²) < 4.78 is 78.5. The highest BCUT2D eigenvalue weighted by Gasteiger charge is 2.58. The van der Waals surface area contributed by atoms with E-state index in [9.17, 15) is 47.9 Å². The Hall–Kier alpha value is -7.60. The third-order valence-electron chi connectivity index (χ3n) is 9.39. The minimum Gasteiger partial charge on any atom is -0.463 e. The minimum absolute atomic E-state index is 0.0235. The second-order valence-electron chi connectivity index (χ2n) is 15.0. The normalized spacial score (nSPS) is 22.9. The molecule has 2 aliphatic rings. The SMILES string of the molecule is CC(=O)OC[C@H]1O[C@@H](Oc2c(-c3ccc(O[C@@H]4OC[C@](COC(C)=O)(OC(C)=O)[C@H]4OC(C)=O)cc3)oc3cc(OC(C)=O)c(OC(C)=O)cc3c2=O)[C@H](OC(C)=O)[C@@H](OC(C)=O)[C@@H]1OC(C)=O. The molecule has 2 aromatic carbocycles. The van der Waals surface area contributed by atoms with Gasteiger partial charge >= 0.3 is 53.7 Å². The third-order valence-corrected chi connectivity index (χ3v) is 9.39. The predicted molar refractivity (Wildman–Crippen MR) is 220 cm³/mol. The molecule has 2 fully saturated rings. The van der Waals surface area contributed by atoms with E-state index in [1.807, 2.05) is 0 Å². The van der Waals surface area contributed by atoms with Gasteiger partial charge in [0, 0.05) is 73.9 Å². The maximum Gasteiger partial charge on any atom is 0.308 e. The van der Waals surface area contributed by atoms with Crippen molar-refractivity contribution in [2.75, 3.05) is 19.8 Å². The summed E-state index contributed by atoms with van der Waals surface area (Å²) in [5.41, 5.74) is -3.04. The number of carbonyl (C=O) groups excluding carboxylic acids is 9. The molecule has 5 rings (SSSR count). The van der Waals surface area contributed by atoms with E-state index >= 15 is 0 Å². The first-order chi connectivity index (χ1) is 32.0. The number of hydrogen-bond donors (Lipinski definition) is 0. The van der Waals surface area contributed by atoms with Crippen LogP contribution in [0.2, 0.25) is 0 Å².